The molecule has 0 rings (SSSR count). The van der Waals surface area contributed by atoms with Crippen LogP contribution in [0.5, 0.6) is 0 Å². The summed E-state index contributed by atoms with van der Waals surface area (Å²) in [6.45, 7) is 9.40. The smallest absolute Gasteiger partial charge is 0.462 e. The number of aliphatic hydroxyl groups excluding tert-OH is 1. The number of carbonyl (C=O) groups excluding carboxylic acids is 4. The van der Waals surface area contributed by atoms with Crippen LogP contribution in [0.15, 0.2) is 24.3 Å². The van der Waals surface area contributed by atoms with Gasteiger partial charge >= 0.3 is 39.5 Å². The molecular formula is C69H130O17P2. The average molecular weight is 1290 g/mol. The third-order valence-corrected chi connectivity index (χ3v) is 17.2. The summed E-state index contributed by atoms with van der Waals surface area (Å²) in [6.07, 6.45) is 48.1. The number of carbonyl (C=O) groups is 4. The summed E-state index contributed by atoms with van der Waals surface area (Å²) in [7, 11) is -9.91. The first-order valence-corrected chi connectivity index (χ1v) is 38.3. The first-order valence-electron chi connectivity index (χ1n) is 35.3. The molecule has 0 aliphatic rings. The predicted octanol–water partition coefficient (Wildman–Crippen LogP) is 19.2. The Morgan fingerprint density at radius 1 is 0.352 bits per heavy atom. The van der Waals surface area contributed by atoms with E-state index in [1.807, 2.05) is 0 Å². The molecule has 0 aliphatic heterocycles. The van der Waals surface area contributed by atoms with Crippen molar-refractivity contribution in [3.63, 3.8) is 0 Å². The van der Waals surface area contributed by atoms with Gasteiger partial charge in [-0.3, -0.25) is 37.3 Å². The van der Waals surface area contributed by atoms with Gasteiger partial charge in [-0.15, -0.1) is 0 Å². The van der Waals surface area contributed by atoms with Crippen molar-refractivity contribution in [3.8, 4) is 0 Å². The summed E-state index contributed by atoms with van der Waals surface area (Å²) in [4.78, 5) is 72.4. The maximum Gasteiger partial charge on any atom is 0.472 e. The molecule has 5 atom stereocenters. The fourth-order valence-corrected chi connectivity index (χ4v) is 11.5. The van der Waals surface area contributed by atoms with Crippen molar-refractivity contribution in [1.82, 2.24) is 0 Å². The summed E-state index contributed by atoms with van der Waals surface area (Å²) >= 11 is 0. The molecule has 0 radical (unpaired) electrons. The van der Waals surface area contributed by atoms with Gasteiger partial charge in [0.2, 0.25) is 0 Å². The Morgan fingerprint density at radius 2 is 0.614 bits per heavy atom. The van der Waals surface area contributed by atoms with Crippen LogP contribution >= 0.6 is 15.6 Å². The molecule has 0 aromatic heterocycles. The second-order valence-electron chi connectivity index (χ2n) is 25.2. The van der Waals surface area contributed by atoms with Gasteiger partial charge < -0.3 is 33.8 Å². The second-order valence-corrected chi connectivity index (χ2v) is 28.1. The monoisotopic (exact) mass is 1290 g/mol. The highest BCUT2D eigenvalue weighted by Gasteiger charge is 2.30. The first kappa shape index (κ1) is 85.5. The van der Waals surface area contributed by atoms with Crippen LogP contribution < -0.4 is 0 Å². The van der Waals surface area contributed by atoms with Crippen LogP contribution in [0.2, 0.25) is 0 Å². The minimum Gasteiger partial charge on any atom is -0.462 e. The molecule has 0 heterocycles. The summed E-state index contributed by atoms with van der Waals surface area (Å²) < 4.78 is 68.1. The van der Waals surface area contributed by atoms with Crippen LogP contribution in [-0.4, -0.2) is 96.7 Å². The molecule has 0 saturated heterocycles. The molecule has 518 valence electrons. The van der Waals surface area contributed by atoms with Gasteiger partial charge in [-0.25, -0.2) is 9.13 Å². The Morgan fingerprint density at radius 3 is 0.932 bits per heavy atom. The minimum atomic E-state index is -4.96. The van der Waals surface area contributed by atoms with Crippen LogP contribution in [0, 0.1) is 11.8 Å². The zero-order valence-electron chi connectivity index (χ0n) is 56.5. The van der Waals surface area contributed by atoms with Crippen LogP contribution in [0.25, 0.3) is 0 Å². The molecule has 3 N–H and O–H groups in total. The molecule has 0 amide bonds. The second kappa shape index (κ2) is 60.8. The number of unbranched alkanes of at least 4 members (excludes halogenated alkanes) is 33. The van der Waals surface area contributed by atoms with E-state index in [2.05, 4.69) is 65.8 Å². The van der Waals surface area contributed by atoms with Crippen LogP contribution in [0.3, 0.4) is 0 Å². The van der Waals surface area contributed by atoms with Gasteiger partial charge in [0, 0.05) is 25.7 Å². The molecule has 0 aromatic rings. The fourth-order valence-electron chi connectivity index (χ4n) is 9.87. The minimum absolute atomic E-state index is 0.0847. The number of rotatable bonds is 66. The van der Waals surface area contributed by atoms with E-state index >= 15 is 0 Å². The van der Waals surface area contributed by atoms with E-state index in [1.54, 1.807) is 0 Å². The number of hydrogen-bond acceptors (Lipinski definition) is 15. The number of phosphoric acid groups is 2. The maximum absolute atomic E-state index is 13.0. The van der Waals surface area contributed by atoms with Crippen molar-refractivity contribution in [1.29, 1.82) is 0 Å². The summed E-state index contributed by atoms with van der Waals surface area (Å²) in [5.41, 5.74) is 0. The lowest BCUT2D eigenvalue weighted by molar-refractivity contribution is -0.161. The Labute approximate surface area is 535 Å². The van der Waals surface area contributed by atoms with Crippen molar-refractivity contribution in [2.75, 3.05) is 39.6 Å². The van der Waals surface area contributed by atoms with Crippen molar-refractivity contribution < 1.29 is 80.2 Å². The van der Waals surface area contributed by atoms with E-state index in [-0.39, 0.29) is 25.7 Å². The fraction of sp³-hybridized carbons (Fsp3) is 0.884. The van der Waals surface area contributed by atoms with Gasteiger partial charge in [0.25, 0.3) is 0 Å². The molecule has 0 fully saturated rings. The number of phosphoric ester groups is 2. The average Bonchev–Trinajstić information content (AvgIpc) is 3.61. The van der Waals surface area contributed by atoms with E-state index in [0.29, 0.717) is 25.7 Å². The van der Waals surface area contributed by atoms with Gasteiger partial charge in [0.15, 0.2) is 12.2 Å². The van der Waals surface area contributed by atoms with Crippen LogP contribution in [0.1, 0.15) is 324 Å². The van der Waals surface area contributed by atoms with E-state index in [1.165, 1.54) is 122 Å². The standard InChI is InChI=1S/C69H130O17P2/c1-7-9-11-13-15-17-18-19-20-21-24-28-35-41-47-53-68(73)85-65(58-80-67(72)52-46-40-34-27-25-22-23-26-31-37-43-49-61(3)4)60-84-88(77,78)82-56-63(70)55-81-87(75,76)83-59-64(57-79-66(71)51-45-39-33-16-14-12-10-8-2)86-69(74)54-48-42-36-30-29-32-38-44-50-62(5)6/h17-20,61-65,70H,7-16,21-60H2,1-6H3,(H,75,76)(H,77,78)/b18-17-,20-19-/t63-,64+,65+/m0/s1. The van der Waals surface area contributed by atoms with Gasteiger partial charge in [0.05, 0.1) is 26.4 Å². The number of allylic oxidation sites excluding steroid dienone is 4. The zero-order chi connectivity index (χ0) is 65.0. The third kappa shape index (κ3) is 62.4. The number of aliphatic hydroxyl groups is 1. The largest absolute Gasteiger partial charge is 0.472 e. The van der Waals surface area contributed by atoms with Gasteiger partial charge in [-0.2, -0.15) is 0 Å². The first-order chi connectivity index (χ1) is 42.4. The molecule has 0 aliphatic carbocycles. The highest BCUT2D eigenvalue weighted by molar-refractivity contribution is 7.47. The lowest BCUT2D eigenvalue weighted by Crippen LogP contribution is -2.30. The molecule has 0 spiro atoms. The lowest BCUT2D eigenvalue weighted by atomic mass is 10.0. The molecule has 17 nitrogen and oxygen atoms in total. The molecule has 0 saturated carbocycles. The van der Waals surface area contributed by atoms with Crippen molar-refractivity contribution >= 4 is 39.5 Å². The third-order valence-electron chi connectivity index (χ3n) is 15.3. The van der Waals surface area contributed by atoms with E-state index in [0.717, 1.165) is 121 Å². The molecule has 0 bridgehead atoms. The Hall–Kier alpha value is -2.46. The lowest BCUT2D eigenvalue weighted by Gasteiger charge is -2.21. The molecule has 88 heavy (non-hydrogen) atoms. The highest BCUT2D eigenvalue weighted by atomic mass is 31.2. The van der Waals surface area contributed by atoms with Crippen molar-refractivity contribution in [2.24, 2.45) is 11.8 Å². The van der Waals surface area contributed by atoms with E-state index in [9.17, 15) is 43.2 Å². The quantitative estimate of drug-likeness (QED) is 0.0169. The molecule has 0 aromatic carbocycles. The van der Waals surface area contributed by atoms with Crippen LogP contribution in [-0.2, 0) is 65.4 Å². The van der Waals surface area contributed by atoms with Crippen molar-refractivity contribution in [2.45, 2.75) is 342 Å². The Balaban J connectivity index is 5.27. The normalized spacial score (nSPS) is 14.4. The van der Waals surface area contributed by atoms with Gasteiger partial charge in [-0.1, -0.05) is 271 Å². The summed E-state index contributed by atoms with van der Waals surface area (Å²) in [5, 5.41) is 10.6. The molecule has 2 unspecified atom stereocenters. The van der Waals surface area contributed by atoms with Gasteiger partial charge in [0.1, 0.15) is 19.3 Å². The zero-order valence-corrected chi connectivity index (χ0v) is 58.3. The van der Waals surface area contributed by atoms with E-state index in [4.69, 9.17) is 37.0 Å². The summed E-state index contributed by atoms with van der Waals surface area (Å²) in [6, 6.07) is 0. The molecular weight excluding hydrogens is 1160 g/mol. The topological polar surface area (TPSA) is 237 Å². The highest BCUT2D eigenvalue weighted by Crippen LogP contribution is 2.45. The van der Waals surface area contributed by atoms with Crippen LogP contribution in [0.4, 0.5) is 0 Å². The van der Waals surface area contributed by atoms with Crippen molar-refractivity contribution in [3.05, 3.63) is 24.3 Å². The number of esters is 4. The van der Waals surface area contributed by atoms with Gasteiger partial charge in [-0.05, 0) is 63.2 Å². The Kier molecular flexibility index (Phi) is 59.1. The predicted molar refractivity (Wildman–Crippen MR) is 354 cm³/mol. The Bertz CT molecular complexity index is 1810. The van der Waals surface area contributed by atoms with E-state index < -0.39 is 97.5 Å². The maximum atomic E-state index is 13.0. The SMILES string of the molecule is CCCCCC/C=C\C=C/CCCCCCCC(=O)O[C@H](COC(=O)CCCCCCCCCCCCCC(C)C)COP(=O)(O)OC[C@@H](O)COP(=O)(O)OC[C@@H](COC(=O)CCCCCCCCCC)OC(=O)CCCCCCCCCCC(C)C. The molecule has 19 heteroatoms. The number of hydrogen-bond donors (Lipinski definition) is 3. The summed E-state index contributed by atoms with van der Waals surface area (Å²) in [5.74, 6) is -0.675. The number of ether oxygens (including phenoxy) is 4.